The van der Waals surface area contributed by atoms with Crippen molar-refractivity contribution in [2.24, 2.45) is 0 Å². The highest BCUT2D eigenvalue weighted by Crippen LogP contribution is 2.30. The average Bonchev–Trinajstić information content (AvgIpc) is 3.28. The first-order valence-electron chi connectivity index (χ1n) is 21.3. The number of amides is 3. The Morgan fingerprint density at radius 2 is 1.56 bits per heavy atom. The summed E-state index contributed by atoms with van der Waals surface area (Å²) in [4.78, 5) is 55.4. The van der Waals surface area contributed by atoms with Crippen molar-refractivity contribution < 1.29 is 29.3 Å². The van der Waals surface area contributed by atoms with Gasteiger partial charge in [-0.3, -0.25) is 19.7 Å². The number of likely N-dealkylation sites (tertiary alicyclic amines) is 1. The summed E-state index contributed by atoms with van der Waals surface area (Å²) in [6.07, 6.45) is 0.359. The third-order valence-electron chi connectivity index (χ3n) is 11.4. The van der Waals surface area contributed by atoms with E-state index in [1.54, 1.807) is 12.1 Å². The number of carbonyl (C=O) groups is 3. The van der Waals surface area contributed by atoms with Gasteiger partial charge in [0.1, 0.15) is 11.9 Å². The Balaban J connectivity index is 0.806. The summed E-state index contributed by atoms with van der Waals surface area (Å²) < 4.78 is 5.77. The molecule has 7 N–H and O–H groups in total. The minimum atomic E-state index is -0.880. The zero-order valence-electron chi connectivity index (χ0n) is 35.6. The van der Waals surface area contributed by atoms with Crippen LogP contribution >= 0.6 is 0 Å². The third-order valence-corrected chi connectivity index (χ3v) is 11.4. The summed E-state index contributed by atoms with van der Waals surface area (Å²) >= 11 is 0. The molecule has 0 aliphatic carbocycles. The van der Waals surface area contributed by atoms with Crippen LogP contribution in [-0.4, -0.2) is 70.3 Å². The fraction of sp³-hybridized carbons (Fsp3) is 0.280. The molecule has 1 aromatic heterocycles. The molecule has 0 bridgehead atoms. The molecular formula is C50H54N6O7. The molecule has 63 heavy (non-hydrogen) atoms. The Kier molecular flexibility index (Phi) is 14.6. The number of nitrogens with one attached hydrogen (secondary N) is 5. The first kappa shape index (κ1) is 44.3. The molecule has 1 aliphatic rings. The number of aryl methyl sites for hydroxylation is 2. The van der Waals surface area contributed by atoms with Gasteiger partial charge in [-0.05, 0) is 89.9 Å². The highest BCUT2D eigenvalue weighted by atomic mass is 16.6. The second kappa shape index (κ2) is 20.8. The zero-order valence-corrected chi connectivity index (χ0v) is 35.6. The van der Waals surface area contributed by atoms with Crippen molar-refractivity contribution in [3.63, 3.8) is 0 Å². The summed E-state index contributed by atoms with van der Waals surface area (Å²) in [5.41, 5.74) is 8.52. The van der Waals surface area contributed by atoms with Gasteiger partial charge in [-0.1, -0.05) is 84.9 Å². The summed E-state index contributed by atoms with van der Waals surface area (Å²) in [7, 11) is 0. The van der Waals surface area contributed by atoms with Crippen LogP contribution in [0.1, 0.15) is 58.7 Å². The number of aromatic nitrogens is 1. The van der Waals surface area contributed by atoms with E-state index in [-0.39, 0.29) is 47.7 Å². The molecule has 1 aliphatic heterocycles. The maximum atomic E-state index is 13.2. The number of anilines is 2. The maximum Gasteiger partial charge on any atom is 0.411 e. The number of benzene rings is 5. The molecule has 2 heterocycles. The monoisotopic (exact) mass is 850 g/mol. The van der Waals surface area contributed by atoms with Gasteiger partial charge in [0.25, 0.3) is 0 Å². The molecular weight excluding hydrogens is 797 g/mol. The number of rotatable bonds is 16. The summed E-state index contributed by atoms with van der Waals surface area (Å²) in [5, 5.41) is 34.0. The number of para-hydroxylation sites is 1. The first-order chi connectivity index (χ1) is 30.5. The summed E-state index contributed by atoms with van der Waals surface area (Å²) in [6, 6.07) is 35.2. The van der Waals surface area contributed by atoms with Gasteiger partial charge in [0, 0.05) is 68.4 Å². The molecule has 326 valence electrons. The molecule has 0 radical (unpaired) electrons. The fourth-order valence-electron chi connectivity index (χ4n) is 7.99. The van der Waals surface area contributed by atoms with Crippen LogP contribution in [0.5, 0.6) is 5.75 Å². The number of aromatic hydroxyl groups is 1. The van der Waals surface area contributed by atoms with Crippen LogP contribution in [0.2, 0.25) is 0 Å². The molecule has 0 spiro atoms. The van der Waals surface area contributed by atoms with Gasteiger partial charge in [-0.2, -0.15) is 0 Å². The highest BCUT2D eigenvalue weighted by molar-refractivity contribution is 5.93. The van der Waals surface area contributed by atoms with E-state index in [9.17, 15) is 29.4 Å². The molecule has 5 aromatic carbocycles. The lowest BCUT2D eigenvalue weighted by atomic mass is 10.0. The lowest BCUT2D eigenvalue weighted by Crippen LogP contribution is -2.40. The van der Waals surface area contributed by atoms with Crippen LogP contribution in [0.15, 0.2) is 120 Å². The number of pyridine rings is 1. The smallest absolute Gasteiger partial charge is 0.411 e. The molecule has 1 saturated heterocycles. The maximum absolute atomic E-state index is 13.2. The van der Waals surface area contributed by atoms with Gasteiger partial charge in [0.15, 0.2) is 0 Å². The molecule has 7 rings (SSSR count). The number of hydrogen-bond acceptors (Lipinski definition) is 9. The number of piperidine rings is 1. The number of aliphatic hydroxyl groups excluding tert-OH is 1. The number of hydrogen-bond donors (Lipinski definition) is 7. The second-order valence-electron chi connectivity index (χ2n) is 16.1. The molecule has 13 nitrogen and oxygen atoms in total. The summed E-state index contributed by atoms with van der Waals surface area (Å²) in [6.45, 7) is 7.05. The van der Waals surface area contributed by atoms with Crippen LogP contribution < -0.4 is 26.8 Å². The number of ether oxygens (including phenoxy) is 1. The first-order valence-corrected chi connectivity index (χ1v) is 21.3. The Morgan fingerprint density at radius 1 is 0.794 bits per heavy atom. The number of phenolic OH excluding ortho intramolecular Hbond substituents is 1. The number of aliphatic hydroxyl groups is 1. The minimum absolute atomic E-state index is 0.0572. The average molecular weight is 851 g/mol. The molecule has 0 unspecified atom stereocenters. The second-order valence-corrected chi connectivity index (χ2v) is 16.1. The predicted molar refractivity (Wildman–Crippen MR) is 245 cm³/mol. The van der Waals surface area contributed by atoms with E-state index in [0.29, 0.717) is 55.5 Å². The lowest BCUT2D eigenvalue weighted by molar-refractivity contribution is -0.121. The van der Waals surface area contributed by atoms with E-state index >= 15 is 0 Å². The normalized spacial score (nSPS) is 13.6. The van der Waals surface area contributed by atoms with Crippen molar-refractivity contribution in [3.05, 3.63) is 159 Å². The van der Waals surface area contributed by atoms with Gasteiger partial charge < -0.3 is 40.8 Å². The van der Waals surface area contributed by atoms with Crippen molar-refractivity contribution in [1.29, 1.82) is 0 Å². The lowest BCUT2D eigenvalue weighted by Gasteiger charge is -2.31. The van der Waals surface area contributed by atoms with Gasteiger partial charge in [-0.15, -0.1) is 0 Å². The quantitative estimate of drug-likeness (QED) is 0.0528. The van der Waals surface area contributed by atoms with Gasteiger partial charge in [0.2, 0.25) is 17.4 Å². The van der Waals surface area contributed by atoms with E-state index in [2.05, 4.69) is 31.2 Å². The van der Waals surface area contributed by atoms with Gasteiger partial charge in [-0.25, -0.2) is 4.79 Å². The fourth-order valence-corrected chi connectivity index (χ4v) is 7.99. The van der Waals surface area contributed by atoms with E-state index in [1.807, 2.05) is 105 Å². The third kappa shape index (κ3) is 12.0. The van der Waals surface area contributed by atoms with Crippen molar-refractivity contribution in [3.8, 4) is 16.9 Å². The number of fused-ring (bicyclic) bond motifs is 1. The topological polar surface area (TPSA) is 185 Å². The van der Waals surface area contributed by atoms with Crippen molar-refractivity contribution in [2.75, 3.05) is 36.8 Å². The van der Waals surface area contributed by atoms with E-state index in [4.69, 9.17) is 4.74 Å². The number of aromatic amines is 1. The van der Waals surface area contributed by atoms with Gasteiger partial charge in [0.05, 0.1) is 23.7 Å². The summed E-state index contributed by atoms with van der Waals surface area (Å²) in [5.74, 6) is -0.272. The standard InChI is InChI=1S/C50H54N6O7/c1-32-26-43(33(2)25-37(32)30-51-31-45(58)40-15-17-44(57)49-41(40)16-18-47(60)55-49)53-48(61)28-34-9-8-10-35(27-34)29-52-46(59)21-24-56-22-19-38(20-23-56)63-50(62)54-42-14-7-6-13-39(42)36-11-4-3-5-12-36/h3-18,25-27,38,45,51,57-58H,19-24,28-31H2,1-2H3,(H,52,59)(H,53,61)(H,54,62)(H,55,60)/t45-/m0/s1. The zero-order chi connectivity index (χ0) is 44.3. The Labute approximate surface area is 366 Å². The van der Waals surface area contributed by atoms with Crippen LogP contribution in [0.4, 0.5) is 16.2 Å². The molecule has 6 aromatic rings. The van der Waals surface area contributed by atoms with Crippen LogP contribution in [-0.2, 0) is 33.8 Å². The molecule has 0 saturated carbocycles. The van der Waals surface area contributed by atoms with Crippen molar-refractivity contribution in [1.82, 2.24) is 20.5 Å². The minimum Gasteiger partial charge on any atom is -0.506 e. The Morgan fingerprint density at radius 3 is 2.37 bits per heavy atom. The number of H-pyrrole nitrogens is 1. The van der Waals surface area contributed by atoms with Crippen LogP contribution in [0, 0.1) is 13.8 Å². The number of carbonyl (C=O) groups excluding carboxylic acids is 3. The van der Waals surface area contributed by atoms with Crippen LogP contribution in [0.3, 0.4) is 0 Å². The van der Waals surface area contributed by atoms with Gasteiger partial charge >= 0.3 is 6.09 Å². The molecule has 3 amide bonds. The predicted octanol–water partition coefficient (Wildman–Crippen LogP) is 7.24. The van der Waals surface area contributed by atoms with Crippen molar-refractivity contribution >= 4 is 40.2 Å². The molecule has 1 atom stereocenters. The highest BCUT2D eigenvalue weighted by Gasteiger charge is 2.23. The Hall–Kier alpha value is -6.80. The van der Waals surface area contributed by atoms with E-state index in [1.165, 1.54) is 12.1 Å². The van der Waals surface area contributed by atoms with Crippen molar-refractivity contribution in [2.45, 2.75) is 64.8 Å². The number of phenols is 1. The van der Waals surface area contributed by atoms with Crippen LogP contribution in [0.25, 0.3) is 22.0 Å². The van der Waals surface area contributed by atoms with E-state index < -0.39 is 12.2 Å². The largest absolute Gasteiger partial charge is 0.506 e. The molecule has 13 heteroatoms. The SMILES string of the molecule is Cc1cc(NC(=O)Cc2cccc(CNC(=O)CCN3CCC(OC(=O)Nc4ccccc4-c4ccccc4)CC3)c2)c(C)cc1CNC[C@H](O)c1ccc(O)c2[nH]c(=O)ccc12. The Bertz CT molecular complexity index is 2620. The van der Waals surface area contributed by atoms with E-state index in [0.717, 1.165) is 57.7 Å². The molecule has 1 fully saturated rings. The number of nitrogens with zero attached hydrogens (tertiary/aromatic N) is 1.